The van der Waals surface area contributed by atoms with Gasteiger partial charge in [0.2, 0.25) is 4.96 Å². The van der Waals surface area contributed by atoms with Crippen molar-refractivity contribution >= 4 is 16.3 Å². The van der Waals surface area contributed by atoms with Gasteiger partial charge in [-0.2, -0.15) is 9.61 Å². The largest absolute Gasteiger partial charge is 0.381 e. The molecule has 2 aromatic rings. The number of hydrogen-bond acceptors (Lipinski definition) is 6. The van der Waals surface area contributed by atoms with E-state index in [1.165, 1.54) is 0 Å². The number of nitrogens with one attached hydrogen (secondary N) is 1. The molecule has 1 aliphatic rings. The standard InChI is InChI=1S/C14H23N5OS/c1-10(2)15-7-3-4-12-18-19-13(16-17-14(19)21-12)11-5-8-20-9-6-11/h10-11,15H,3-9H2,1-2H3. The lowest BCUT2D eigenvalue weighted by Crippen LogP contribution is -2.23. The lowest BCUT2D eigenvalue weighted by molar-refractivity contribution is 0.0831. The van der Waals surface area contributed by atoms with Gasteiger partial charge >= 0.3 is 0 Å². The Morgan fingerprint density at radius 2 is 2.14 bits per heavy atom. The highest BCUT2D eigenvalue weighted by atomic mass is 32.1. The van der Waals surface area contributed by atoms with Crippen LogP contribution in [0.4, 0.5) is 0 Å². The molecule has 1 aliphatic heterocycles. The molecule has 21 heavy (non-hydrogen) atoms. The molecular formula is C14H23N5OS. The van der Waals surface area contributed by atoms with Crippen LogP contribution in [0, 0.1) is 0 Å². The van der Waals surface area contributed by atoms with E-state index in [9.17, 15) is 0 Å². The molecule has 0 unspecified atom stereocenters. The topological polar surface area (TPSA) is 64.3 Å². The molecule has 0 bridgehead atoms. The van der Waals surface area contributed by atoms with Gasteiger partial charge in [0.15, 0.2) is 5.82 Å². The van der Waals surface area contributed by atoms with Crippen LogP contribution < -0.4 is 5.32 Å². The summed E-state index contributed by atoms with van der Waals surface area (Å²) in [6.45, 7) is 7.01. The fourth-order valence-electron chi connectivity index (χ4n) is 2.61. The fraction of sp³-hybridized carbons (Fsp3) is 0.786. The molecule has 0 radical (unpaired) electrons. The summed E-state index contributed by atoms with van der Waals surface area (Å²) in [4.78, 5) is 0.920. The number of fused-ring (bicyclic) bond motifs is 1. The molecule has 0 saturated carbocycles. The van der Waals surface area contributed by atoms with Gasteiger partial charge in [-0.25, -0.2) is 0 Å². The van der Waals surface area contributed by atoms with Crippen molar-refractivity contribution in [3.05, 3.63) is 10.8 Å². The smallest absolute Gasteiger partial charge is 0.234 e. The van der Waals surface area contributed by atoms with Crippen LogP contribution in [0.2, 0.25) is 0 Å². The highest BCUT2D eigenvalue weighted by Crippen LogP contribution is 2.27. The Hall–Kier alpha value is -1.05. The molecular weight excluding hydrogens is 286 g/mol. The highest BCUT2D eigenvalue weighted by Gasteiger charge is 2.23. The second-order valence-corrected chi connectivity index (χ2v) is 6.89. The number of ether oxygens (including phenoxy) is 1. The van der Waals surface area contributed by atoms with E-state index in [0.29, 0.717) is 12.0 Å². The molecule has 116 valence electrons. The molecule has 1 N–H and O–H groups in total. The van der Waals surface area contributed by atoms with Crippen molar-refractivity contribution < 1.29 is 4.74 Å². The van der Waals surface area contributed by atoms with Gasteiger partial charge < -0.3 is 10.1 Å². The van der Waals surface area contributed by atoms with Gasteiger partial charge in [0.05, 0.1) is 0 Å². The Kier molecular flexibility index (Phi) is 4.82. The SMILES string of the molecule is CC(C)NCCCc1nn2c(C3CCOCC3)nnc2s1. The first-order chi connectivity index (χ1) is 10.2. The summed E-state index contributed by atoms with van der Waals surface area (Å²) in [7, 11) is 0. The minimum absolute atomic E-state index is 0.436. The van der Waals surface area contributed by atoms with Crippen molar-refractivity contribution in [2.24, 2.45) is 0 Å². The first kappa shape index (κ1) is 14.9. The molecule has 0 spiro atoms. The van der Waals surface area contributed by atoms with Gasteiger partial charge in [-0.3, -0.25) is 0 Å². The van der Waals surface area contributed by atoms with E-state index < -0.39 is 0 Å². The van der Waals surface area contributed by atoms with Crippen LogP contribution in [0.1, 0.15) is 49.9 Å². The van der Waals surface area contributed by atoms with Gasteiger partial charge in [0.1, 0.15) is 5.01 Å². The maximum absolute atomic E-state index is 5.42. The zero-order valence-corrected chi connectivity index (χ0v) is 13.5. The third-order valence-corrected chi connectivity index (χ3v) is 4.72. The van der Waals surface area contributed by atoms with Crippen LogP contribution in [-0.2, 0) is 11.2 Å². The summed E-state index contributed by atoms with van der Waals surface area (Å²) < 4.78 is 7.37. The van der Waals surface area contributed by atoms with Crippen LogP contribution in [0.15, 0.2) is 0 Å². The van der Waals surface area contributed by atoms with Crippen LogP contribution in [0.25, 0.3) is 4.96 Å². The summed E-state index contributed by atoms with van der Waals surface area (Å²) in [5.41, 5.74) is 0. The van der Waals surface area contributed by atoms with E-state index >= 15 is 0 Å². The first-order valence-corrected chi connectivity index (χ1v) is 8.58. The molecule has 0 amide bonds. The molecule has 0 aliphatic carbocycles. The average molecular weight is 309 g/mol. The van der Waals surface area contributed by atoms with E-state index in [0.717, 1.165) is 61.2 Å². The summed E-state index contributed by atoms with van der Waals surface area (Å²) in [6, 6.07) is 0.544. The molecule has 3 rings (SSSR count). The monoisotopic (exact) mass is 309 g/mol. The van der Waals surface area contributed by atoms with Crippen LogP contribution in [-0.4, -0.2) is 45.6 Å². The normalized spacial score (nSPS) is 17.1. The number of aryl methyl sites for hydroxylation is 1. The van der Waals surface area contributed by atoms with Crippen LogP contribution in [0.5, 0.6) is 0 Å². The molecule has 1 fully saturated rings. The maximum atomic E-state index is 5.42. The number of aromatic nitrogens is 4. The lowest BCUT2D eigenvalue weighted by Gasteiger charge is -2.19. The van der Waals surface area contributed by atoms with Gasteiger partial charge in [-0.1, -0.05) is 25.2 Å². The van der Waals surface area contributed by atoms with E-state index in [1.807, 2.05) is 4.52 Å². The first-order valence-electron chi connectivity index (χ1n) is 7.76. The molecule has 0 atom stereocenters. The van der Waals surface area contributed by atoms with Crippen molar-refractivity contribution in [1.29, 1.82) is 0 Å². The molecule has 3 heterocycles. The fourth-order valence-corrected chi connectivity index (χ4v) is 3.50. The van der Waals surface area contributed by atoms with Gasteiger partial charge in [0, 0.05) is 31.6 Å². The predicted octanol–water partition coefficient (Wildman–Crippen LogP) is 2.01. The van der Waals surface area contributed by atoms with Crippen molar-refractivity contribution in [2.75, 3.05) is 19.8 Å². The second kappa shape index (κ2) is 6.81. The molecule has 6 nitrogen and oxygen atoms in total. The van der Waals surface area contributed by atoms with E-state index in [1.54, 1.807) is 11.3 Å². The third-order valence-electron chi connectivity index (χ3n) is 3.76. The Morgan fingerprint density at radius 3 is 2.90 bits per heavy atom. The van der Waals surface area contributed by atoms with Gasteiger partial charge in [-0.15, -0.1) is 10.2 Å². The molecule has 2 aromatic heterocycles. The van der Waals surface area contributed by atoms with Crippen LogP contribution >= 0.6 is 11.3 Å². The molecule has 1 saturated heterocycles. The highest BCUT2D eigenvalue weighted by molar-refractivity contribution is 7.16. The minimum atomic E-state index is 0.436. The van der Waals surface area contributed by atoms with Crippen molar-refractivity contribution in [3.63, 3.8) is 0 Å². The lowest BCUT2D eigenvalue weighted by atomic mass is 10.00. The summed E-state index contributed by atoms with van der Waals surface area (Å²) in [6.07, 6.45) is 4.15. The number of hydrogen-bond donors (Lipinski definition) is 1. The van der Waals surface area contributed by atoms with Crippen LogP contribution in [0.3, 0.4) is 0 Å². The van der Waals surface area contributed by atoms with Crippen molar-refractivity contribution in [3.8, 4) is 0 Å². The molecule has 0 aromatic carbocycles. The summed E-state index contributed by atoms with van der Waals surface area (Å²) in [5.74, 6) is 1.45. The zero-order valence-electron chi connectivity index (χ0n) is 12.7. The second-order valence-electron chi connectivity index (χ2n) is 5.85. The zero-order chi connectivity index (χ0) is 14.7. The summed E-state index contributed by atoms with van der Waals surface area (Å²) in [5, 5.41) is 17.9. The average Bonchev–Trinajstić information content (AvgIpc) is 3.04. The Labute approximate surface area is 128 Å². The van der Waals surface area contributed by atoms with E-state index in [4.69, 9.17) is 9.84 Å². The summed E-state index contributed by atoms with van der Waals surface area (Å²) >= 11 is 1.66. The quantitative estimate of drug-likeness (QED) is 0.827. The Morgan fingerprint density at radius 1 is 1.33 bits per heavy atom. The number of rotatable bonds is 6. The minimum Gasteiger partial charge on any atom is -0.381 e. The van der Waals surface area contributed by atoms with E-state index in [-0.39, 0.29) is 0 Å². The molecule has 7 heteroatoms. The maximum Gasteiger partial charge on any atom is 0.234 e. The van der Waals surface area contributed by atoms with E-state index in [2.05, 4.69) is 29.4 Å². The number of nitrogens with zero attached hydrogens (tertiary/aromatic N) is 4. The van der Waals surface area contributed by atoms with Crippen molar-refractivity contribution in [2.45, 2.75) is 51.5 Å². The Bertz CT molecular complexity index is 573. The third kappa shape index (κ3) is 3.59. The predicted molar refractivity (Wildman–Crippen MR) is 82.9 cm³/mol. The van der Waals surface area contributed by atoms with Gasteiger partial charge in [-0.05, 0) is 25.8 Å². The van der Waals surface area contributed by atoms with Crippen molar-refractivity contribution in [1.82, 2.24) is 25.1 Å². The Balaban J connectivity index is 1.64. The van der Waals surface area contributed by atoms with Gasteiger partial charge in [0.25, 0.3) is 0 Å².